The van der Waals surface area contributed by atoms with E-state index in [0.29, 0.717) is 0 Å². The second kappa shape index (κ2) is 7.14. The fourth-order valence-electron chi connectivity index (χ4n) is 1.25. The van der Waals surface area contributed by atoms with Crippen molar-refractivity contribution in [1.29, 1.82) is 0 Å². The Hall–Kier alpha value is -0.196. The van der Waals surface area contributed by atoms with Gasteiger partial charge in [-0.15, -0.1) is 16.8 Å². The molecule has 0 fully saturated rings. The third kappa shape index (κ3) is 3.51. The van der Waals surface area contributed by atoms with Gasteiger partial charge in [0.05, 0.1) is 0 Å². The number of fused-ring (bicyclic) bond motifs is 1. The molecule has 0 aromatic heterocycles. The van der Waals surface area contributed by atoms with E-state index in [1.165, 1.54) is 16.3 Å². The van der Waals surface area contributed by atoms with Gasteiger partial charge in [-0.1, -0.05) is 31.5 Å². The zero-order valence-electron chi connectivity index (χ0n) is 9.04. The molecule has 0 saturated heterocycles. The van der Waals surface area contributed by atoms with Crippen LogP contribution in [0.5, 0.6) is 0 Å². The maximum atomic E-state index is 3.05. The summed E-state index contributed by atoms with van der Waals surface area (Å²) in [5.74, 6) is 0. The van der Waals surface area contributed by atoms with Crippen molar-refractivity contribution < 1.29 is 32.7 Å². The summed E-state index contributed by atoms with van der Waals surface area (Å²) in [6, 6.07) is 15.5. The molecule has 0 heterocycles. The summed E-state index contributed by atoms with van der Waals surface area (Å²) in [4.78, 5) is 0. The maximum Gasteiger partial charge on any atom is 0 e. The quantitative estimate of drug-likeness (QED) is 0.629. The van der Waals surface area contributed by atoms with E-state index in [9.17, 15) is 0 Å². The molecule has 0 aliphatic rings. The average Bonchev–Trinajstić information content (AvgIpc) is 2.21. The van der Waals surface area contributed by atoms with Gasteiger partial charge in [0.2, 0.25) is 0 Å². The SMILES string of the molecule is CC.Cc1ccc2c[c-]ccc2c1.[Y]. The van der Waals surface area contributed by atoms with Crippen molar-refractivity contribution >= 4 is 10.8 Å². The smallest absolute Gasteiger partial charge is 0 e. The maximum absolute atomic E-state index is 3.05. The first-order chi connectivity index (χ1) is 6.36. The van der Waals surface area contributed by atoms with Crippen LogP contribution < -0.4 is 0 Å². The van der Waals surface area contributed by atoms with Crippen LogP contribution in [0, 0.1) is 13.0 Å². The van der Waals surface area contributed by atoms with Crippen molar-refractivity contribution in [2.24, 2.45) is 0 Å². The van der Waals surface area contributed by atoms with Gasteiger partial charge < -0.3 is 0 Å². The standard InChI is InChI=1S/C11H9.C2H6.Y/c1-9-6-7-10-4-2-3-5-11(10)8-9;1-2;/h3-8H,1H3;1-2H3;/q-1;;. The second-order valence-corrected chi connectivity index (χ2v) is 2.78. The Kier molecular flexibility index (Phi) is 7.04. The van der Waals surface area contributed by atoms with E-state index in [4.69, 9.17) is 0 Å². The summed E-state index contributed by atoms with van der Waals surface area (Å²) in [6.07, 6.45) is 0. The largest absolute Gasteiger partial charge is 0.183 e. The molecule has 0 amide bonds. The van der Waals surface area contributed by atoms with E-state index >= 15 is 0 Å². The fourth-order valence-corrected chi connectivity index (χ4v) is 1.25. The Bertz CT molecular complexity index is 380. The topological polar surface area (TPSA) is 0 Å². The Morgan fingerprint density at radius 2 is 1.71 bits per heavy atom. The number of benzene rings is 2. The van der Waals surface area contributed by atoms with Crippen LogP contribution in [0.3, 0.4) is 0 Å². The van der Waals surface area contributed by atoms with Gasteiger partial charge in [-0.25, -0.2) is 0 Å². The van der Waals surface area contributed by atoms with Crippen LogP contribution in [0.2, 0.25) is 0 Å². The number of rotatable bonds is 0. The first-order valence-electron chi connectivity index (χ1n) is 4.73. The van der Waals surface area contributed by atoms with Crippen LogP contribution in [-0.4, -0.2) is 0 Å². The summed E-state index contributed by atoms with van der Waals surface area (Å²) in [6.45, 7) is 6.11. The van der Waals surface area contributed by atoms with Crippen molar-refractivity contribution in [1.82, 2.24) is 0 Å². The van der Waals surface area contributed by atoms with E-state index in [2.05, 4.69) is 37.3 Å². The third-order valence-electron chi connectivity index (χ3n) is 1.84. The predicted octanol–water partition coefficient (Wildman–Crippen LogP) is 3.97. The molecule has 71 valence electrons. The van der Waals surface area contributed by atoms with Crippen LogP contribution in [0.25, 0.3) is 10.8 Å². The van der Waals surface area contributed by atoms with Gasteiger partial charge in [-0.2, -0.15) is 24.3 Å². The summed E-state index contributed by atoms with van der Waals surface area (Å²) >= 11 is 0. The summed E-state index contributed by atoms with van der Waals surface area (Å²) in [5, 5.41) is 2.56. The fraction of sp³-hybridized carbons (Fsp3) is 0.231. The molecule has 0 N–H and O–H groups in total. The van der Waals surface area contributed by atoms with Gasteiger partial charge in [-0.05, 0) is 6.92 Å². The Morgan fingerprint density at radius 1 is 1.00 bits per heavy atom. The molecule has 0 aliphatic carbocycles. The molecular formula is C13H15Y-. The molecule has 0 atom stereocenters. The molecule has 2 aromatic carbocycles. The molecule has 0 spiro atoms. The monoisotopic (exact) mass is 260 g/mol. The molecule has 0 unspecified atom stereocenters. The molecule has 1 radical (unpaired) electrons. The molecule has 1 heteroatoms. The Morgan fingerprint density at radius 3 is 2.43 bits per heavy atom. The predicted molar refractivity (Wildman–Crippen MR) is 58.9 cm³/mol. The summed E-state index contributed by atoms with van der Waals surface area (Å²) < 4.78 is 0. The number of hydrogen-bond acceptors (Lipinski definition) is 0. The molecule has 2 aromatic rings. The van der Waals surface area contributed by atoms with Crippen molar-refractivity contribution in [3.63, 3.8) is 0 Å². The Balaban J connectivity index is 0.000000531. The summed E-state index contributed by atoms with van der Waals surface area (Å²) in [5.41, 5.74) is 1.31. The van der Waals surface area contributed by atoms with Crippen molar-refractivity contribution in [3.8, 4) is 0 Å². The molecular weight excluding hydrogens is 245 g/mol. The molecule has 14 heavy (non-hydrogen) atoms. The van der Waals surface area contributed by atoms with E-state index in [-0.39, 0.29) is 32.7 Å². The zero-order valence-corrected chi connectivity index (χ0v) is 11.9. The second-order valence-electron chi connectivity index (χ2n) is 2.78. The van der Waals surface area contributed by atoms with Crippen molar-refractivity contribution in [2.45, 2.75) is 20.8 Å². The van der Waals surface area contributed by atoms with Crippen LogP contribution in [0.4, 0.5) is 0 Å². The minimum Gasteiger partial charge on any atom is -0.183 e. The molecule has 2 rings (SSSR count). The van der Waals surface area contributed by atoms with Crippen LogP contribution in [-0.2, 0) is 32.7 Å². The van der Waals surface area contributed by atoms with Gasteiger partial charge >= 0.3 is 0 Å². The third-order valence-corrected chi connectivity index (χ3v) is 1.84. The first kappa shape index (κ1) is 13.8. The minimum absolute atomic E-state index is 0. The van der Waals surface area contributed by atoms with Gasteiger partial charge in [0.25, 0.3) is 0 Å². The molecule has 0 saturated carbocycles. The molecule has 0 bridgehead atoms. The van der Waals surface area contributed by atoms with Crippen LogP contribution in [0.15, 0.2) is 36.4 Å². The number of hydrogen-bond donors (Lipinski definition) is 0. The zero-order chi connectivity index (χ0) is 9.68. The van der Waals surface area contributed by atoms with Crippen LogP contribution >= 0.6 is 0 Å². The normalized spacial score (nSPS) is 8.50. The van der Waals surface area contributed by atoms with E-state index in [1.54, 1.807) is 0 Å². The van der Waals surface area contributed by atoms with Gasteiger partial charge in [0.15, 0.2) is 0 Å². The van der Waals surface area contributed by atoms with Crippen LogP contribution in [0.1, 0.15) is 19.4 Å². The minimum atomic E-state index is 0. The average molecular weight is 260 g/mol. The van der Waals surface area contributed by atoms with Crippen molar-refractivity contribution in [3.05, 3.63) is 48.0 Å². The van der Waals surface area contributed by atoms with E-state index < -0.39 is 0 Å². The summed E-state index contributed by atoms with van der Waals surface area (Å²) in [7, 11) is 0. The first-order valence-corrected chi connectivity index (χ1v) is 4.73. The van der Waals surface area contributed by atoms with Gasteiger partial charge in [0.1, 0.15) is 0 Å². The Labute approximate surface area is 112 Å². The number of aryl methyl sites for hydroxylation is 1. The molecule has 0 aliphatic heterocycles. The van der Waals surface area contributed by atoms with Gasteiger partial charge in [-0.3, -0.25) is 0 Å². The van der Waals surface area contributed by atoms with E-state index in [0.717, 1.165) is 0 Å². The van der Waals surface area contributed by atoms with E-state index in [1.807, 2.05) is 26.0 Å². The molecule has 0 nitrogen and oxygen atoms in total. The van der Waals surface area contributed by atoms with Gasteiger partial charge in [0, 0.05) is 32.7 Å². The van der Waals surface area contributed by atoms with Crippen molar-refractivity contribution in [2.75, 3.05) is 0 Å².